The molecule has 1 atom stereocenters. The molecule has 0 aliphatic carbocycles. The van der Waals surface area contributed by atoms with Crippen LogP contribution in [-0.4, -0.2) is 46.5 Å². The highest BCUT2D eigenvalue weighted by Crippen LogP contribution is 2.21. The van der Waals surface area contributed by atoms with Crippen LogP contribution < -0.4 is 5.32 Å². The van der Waals surface area contributed by atoms with Gasteiger partial charge in [0.2, 0.25) is 5.91 Å². The molecule has 3 heterocycles. The lowest BCUT2D eigenvalue weighted by molar-refractivity contribution is -0.125. The quantitative estimate of drug-likeness (QED) is 0.504. The number of para-hydroxylation sites is 2. The van der Waals surface area contributed by atoms with Crippen molar-refractivity contribution in [1.82, 2.24) is 20.2 Å². The molecule has 5 heteroatoms. The van der Waals surface area contributed by atoms with E-state index in [0.29, 0.717) is 6.54 Å². The topological polar surface area (TPSA) is 63.9 Å². The molecule has 0 unspecified atom stereocenters. The molecule has 5 nitrogen and oxygen atoms in total. The number of hydrogen-bond acceptors (Lipinski definition) is 2. The number of piperazine rings is 1. The molecule has 28 heavy (non-hydrogen) atoms. The van der Waals surface area contributed by atoms with Gasteiger partial charge in [-0.1, -0.05) is 36.4 Å². The van der Waals surface area contributed by atoms with Crippen LogP contribution in [-0.2, 0) is 17.6 Å². The molecule has 0 saturated carbocycles. The van der Waals surface area contributed by atoms with Gasteiger partial charge in [0.15, 0.2) is 0 Å². The lowest BCUT2D eigenvalue weighted by Crippen LogP contribution is -2.55. The monoisotopic (exact) mass is 372 g/mol. The average molecular weight is 372 g/mol. The summed E-state index contributed by atoms with van der Waals surface area (Å²) in [6.45, 7) is 2.25. The standard InChI is InChI=1S/C23H24N4O/c28-23-15-27(10-9-16-12-24-21-7-3-1-5-19(16)21)14-18(26-23)11-17-13-25-22-8-4-2-6-20(17)22/h1-8,12-13,18,24-25H,9-11,14-15H2,(H,26,28)/t18-/m0/s1. The normalized spacial score (nSPS) is 18.0. The predicted octanol–water partition coefficient (Wildman–Crippen LogP) is 3.23. The highest BCUT2D eigenvalue weighted by Gasteiger charge is 2.25. The van der Waals surface area contributed by atoms with E-state index in [1.54, 1.807) is 0 Å². The molecule has 0 bridgehead atoms. The molecular formula is C23H24N4O. The van der Waals surface area contributed by atoms with Gasteiger partial charge < -0.3 is 15.3 Å². The van der Waals surface area contributed by atoms with Gasteiger partial charge in [0, 0.05) is 53.3 Å². The largest absolute Gasteiger partial charge is 0.361 e. The van der Waals surface area contributed by atoms with E-state index in [-0.39, 0.29) is 11.9 Å². The van der Waals surface area contributed by atoms with Gasteiger partial charge >= 0.3 is 0 Å². The Morgan fingerprint density at radius 2 is 1.54 bits per heavy atom. The Morgan fingerprint density at radius 1 is 0.893 bits per heavy atom. The first-order chi connectivity index (χ1) is 13.8. The number of fused-ring (bicyclic) bond motifs is 2. The third-order valence-electron chi connectivity index (χ3n) is 5.72. The van der Waals surface area contributed by atoms with Gasteiger partial charge in [0.05, 0.1) is 6.54 Å². The summed E-state index contributed by atoms with van der Waals surface area (Å²) >= 11 is 0. The molecule has 142 valence electrons. The van der Waals surface area contributed by atoms with E-state index in [9.17, 15) is 4.79 Å². The van der Waals surface area contributed by atoms with Crippen LogP contribution in [0.5, 0.6) is 0 Å². The van der Waals surface area contributed by atoms with Crippen LogP contribution in [0.15, 0.2) is 60.9 Å². The van der Waals surface area contributed by atoms with Crippen molar-refractivity contribution in [3.63, 3.8) is 0 Å². The van der Waals surface area contributed by atoms with Crippen molar-refractivity contribution in [3.8, 4) is 0 Å². The first-order valence-electron chi connectivity index (χ1n) is 9.88. The second-order valence-corrected chi connectivity index (χ2v) is 7.67. The highest BCUT2D eigenvalue weighted by molar-refractivity contribution is 5.84. The van der Waals surface area contributed by atoms with Gasteiger partial charge in [0.25, 0.3) is 0 Å². The van der Waals surface area contributed by atoms with Crippen molar-refractivity contribution >= 4 is 27.7 Å². The Bertz CT molecular complexity index is 1130. The smallest absolute Gasteiger partial charge is 0.234 e. The highest BCUT2D eigenvalue weighted by atomic mass is 16.2. The average Bonchev–Trinajstić information content (AvgIpc) is 3.31. The molecule has 0 spiro atoms. The summed E-state index contributed by atoms with van der Waals surface area (Å²) in [5.74, 6) is 0.120. The van der Waals surface area contributed by atoms with E-state index in [0.717, 1.165) is 31.4 Å². The van der Waals surface area contributed by atoms with E-state index in [1.807, 2.05) is 12.1 Å². The minimum atomic E-state index is 0.120. The fourth-order valence-corrected chi connectivity index (χ4v) is 4.37. The number of aromatic amines is 2. The second-order valence-electron chi connectivity index (χ2n) is 7.67. The van der Waals surface area contributed by atoms with Crippen molar-refractivity contribution in [1.29, 1.82) is 0 Å². The Labute approximate surface area is 163 Å². The van der Waals surface area contributed by atoms with Crippen LogP contribution in [0.1, 0.15) is 11.1 Å². The van der Waals surface area contributed by atoms with Gasteiger partial charge in [-0.25, -0.2) is 0 Å². The van der Waals surface area contributed by atoms with E-state index < -0.39 is 0 Å². The number of rotatable bonds is 5. The second kappa shape index (κ2) is 7.17. The molecule has 1 amide bonds. The van der Waals surface area contributed by atoms with E-state index in [1.165, 1.54) is 27.4 Å². The molecule has 1 aliphatic rings. The lowest BCUT2D eigenvalue weighted by atomic mass is 10.0. The summed E-state index contributed by atoms with van der Waals surface area (Å²) in [6.07, 6.45) is 5.95. The number of H-pyrrole nitrogens is 2. The zero-order valence-electron chi connectivity index (χ0n) is 15.7. The molecule has 0 radical (unpaired) electrons. The molecular weight excluding hydrogens is 348 g/mol. The summed E-state index contributed by atoms with van der Waals surface area (Å²) in [6, 6.07) is 16.9. The van der Waals surface area contributed by atoms with Crippen LogP contribution >= 0.6 is 0 Å². The summed E-state index contributed by atoms with van der Waals surface area (Å²) in [4.78, 5) is 21.2. The third kappa shape index (κ3) is 3.29. The van der Waals surface area contributed by atoms with Crippen molar-refractivity contribution < 1.29 is 4.79 Å². The van der Waals surface area contributed by atoms with Crippen LogP contribution in [0.4, 0.5) is 0 Å². The van der Waals surface area contributed by atoms with E-state index in [2.05, 4.69) is 69.0 Å². The van der Waals surface area contributed by atoms with Gasteiger partial charge in [-0.15, -0.1) is 0 Å². The summed E-state index contributed by atoms with van der Waals surface area (Å²) in [5.41, 5.74) is 4.90. The molecule has 1 aliphatic heterocycles. The Hall–Kier alpha value is -3.05. The van der Waals surface area contributed by atoms with Gasteiger partial charge in [-0.3, -0.25) is 9.69 Å². The van der Waals surface area contributed by atoms with Crippen molar-refractivity contribution in [2.24, 2.45) is 0 Å². The number of carbonyl (C=O) groups is 1. The van der Waals surface area contributed by atoms with Crippen LogP contribution in [0.25, 0.3) is 21.8 Å². The third-order valence-corrected chi connectivity index (χ3v) is 5.72. The van der Waals surface area contributed by atoms with Crippen LogP contribution in [0.3, 0.4) is 0 Å². The molecule has 1 fully saturated rings. The number of hydrogen-bond donors (Lipinski definition) is 3. The minimum Gasteiger partial charge on any atom is -0.361 e. The number of benzene rings is 2. The summed E-state index contributed by atoms with van der Waals surface area (Å²) in [5, 5.41) is 5.69. The van der Waals surface area contributed by atoms with Crippen molar-refractivity contribution in [2.75, 3.05) is 19.6 Å². The number of aromatic nitrogens is 2. The van der Waals surface area contributed by atoms with Gasteiger partial charge in [-0.2, -0.15) is 0 Å². The summed E-state index contributed by atoms with van der Waals surface area (Å²) < 4.78 is 0. The molecule has 1 saturated heterocycles. The molecule has 3 N–H and O–H groups in total. The molecule has 4 aromatic rings. The first-order valence-corrected chi connectivity index (χ1v) is 9.88. The molecule has 5 rings (SSSR count). The lowest BCUT2D eigenvalue weighted by Gasteiger charge is -2.33. The van der Waals surface area contributed by atoms with Crippen molar-refractivity contribution in [3.05, 3.63) is 72.1 Å². The summed E-state index contributed by atoms with van der Waals surface area (Å²) in [7, 11) is 0. The fraction of sp³-hybridized carbons (Fsp3) is 0.261. The van der Waals surface area contributed by atoms with Gasteiger partial charge in [-0.05, 0) is 36.1 Å². The number of nitrogens with one attached hydrogen (secondary N) is 3. The SMILES string of the molecule is O=C1CN(CCc2c[nH]c3ccccc23)C[C@H](Cc2c[nH]c3ccccc23)N1. The zero-order chi connectivity index (χ0) is 18.9. The van der Waals surface area contributed by atoms with E-state index in [4.69, 9.17) is 0 Å². The predicted molar refractivity (Wildman–Crippen MR) is 112 cm³/mol. The maximum absolute atomic E-state index is 12.3. The van der Waals surface area contributed by atoms with Crippen molar-refractivity contribution in [2.45, 2.75) is 18.9 Å². The van der Waals surface area contributed by atoms with Crippen LogP contribution in [0, 0.1) is 0 Å². The zero-order valence-corrected chi connectivity index (χ0v) is 15.7. The fourth-order valence-electron chi connectivity index (χ4n) is 4.37. The molecule has 2 aromatic carbocycles. The Morgan fingerprint density at radius 3 is 2.29 bits per heavy atom. The number of amides is 1. The van der Waals surface area contributed by atoms with Gasteiger partial charge in [0.1, 0.15) is 0 Å². The molecule has 2 aromatic heterocycles. The Balaban J connectivity index is 1.27. The number of nitrogens with zero attached hydrogens (tertiary/aromatic N) is 1. The first kappa shape index (κ1) is 17.1. The Kier molecular flexibility index (Phi) is 4.37. The van der Waals surface area contributed by atoms with E-state index >= 15 is 0 Å². The minimum absolute atomic E-state index is 0.120. The maximum Gasteiger partial charge on any atom is 0.234 e. The number of carbonyl (C=O) groups excluding carboxylic acids is 1. The van der Waals surface area contributed by atoms with Crippen LogP contribution in [0.2, 0.25) is 0 Å². The maximum atomic E-state index is 12.3.